The van der Waals surface area contributed by atoms with E-state index in [2.05, 4.69) is 5.32 Å². The summed E-state index contributed by atoms with van der Waals surface area (Å²) in [5.41, 5.74) is 2.71. The van der Waals surface area contributed by atoms with Crippen LogP contribution >= 0.6 is 11.6 Å². The second-order valence-electron chi connectivity index (χ2n) is 7.04. The van der Waals surface area contributed by atoms with E-state index in [-0.39, 0.29) is 11.5 Å². The van der Waals surface area contributed by atoms with Crippen molar-refractivity contribution in [2.45, 2.75) is 26.7 Å². The van der Waals surface area contributed by atoms with Gasteiger partial charge < -0.3 is 4.74 Å². The standard InChI is InChI=1S/C22H21ClN2O4/c1-12(2)17-10-14(13(3)9-19(17)29-4)11-18-20(26)24-22(28)25(21(18)27)16-7-5-15(23)6-8-16/h5-12H,1-4H3,(H,24,26,28)/b18-11+. The first-order chi connectivity index (χ1) is 13.7. The van der Waals surface area contributed by atoms with Crippen molar-refractivity contribution in [3.8, 4) is 5.75 Å². The molecule has 0 atom stereocenters. The third kappa shape index (κ3) is 4.03. The van der Waals surface area contributed by atoms with Crippen molar-refractivity contribution in [3.05, 3.63) is 63.7 Å². The van der Waals surface area contributed by atoms with Crippen molar-refractivity contribution in [1.82, 2.24) is 5.32 Å². The zero-order valence-electron chi connectivity index (χ0n) is 16.6. The number of urea groups is 1. The predicted molar refractivity (Wildman–Crippen MR) is 112 cm³/mol. The Labute approximate surface area is 174 Å². The second kappa shape index (κ2) is 8.09. The average Bonchev–Trinajstić information content (AvgIpc) is 2.67. The Morgan fingerprint density at radius 3 is 2.34 bits per heavy atom. The van der Waals surface area contributed by atoms with Crippen LogP contribution in [0.4, 0.5) is 10.5 Å². The van der Waals surface area contributed by atoms with Gasteiger partial charge in [0.05, 0.1) is 12.8 Å². The van der Waals surface area contributed by atoms with Crippen LogP contribution in [-0.2, 0) is 9.59 Å². The van der Waals surface area contributed by atoms with Gasteiger partial charge in [-0.2, -0.15) is 0 Å². The van der Waals surface area contributed by atoms with E-state index in [1.807, 2.05) is 32.9 Å². The Hall–Kier alpha value is -3.12. The lowest BCUT2D eigenvalue weighted by atomic mass is 9.95. The third-order valence-electron chi connectivity index (χ3n) is 4.73. The maximum absolute atomic E-state index is 13.0. The summed E-state index contributed by atoms with van der Waals surface area (Å²) in [6.07, 6.45) is 1.51. The molecule has 0 saturated carbocycles. The number of ether oxygens (including phenoxy) is 1. The quantitative estimate of drug-likeness (QED) is 0.594. The van der Waals surface area contributed by atoms with Gasteiger partial charge >= 0.3 is 6.03 Å². The zero-order valence-corrected chi connectivity index (χ0v) is 17.3. The van der Waals surface area contributed by atoms with Gasteiger partial charge in [-0.1, -0.05) is 25.4 Å². The number of hydrogen-bond acceptors (Lipinski definition) is 4. The van der Waals surface area contributed by atoms with Crippen LogP contribution in [-0.4, -0.2) is 25.0 Å². The molecule has 0 bridgehead atoms. The summed E-state index contributed by atoms with van der Waals surface area (Å²) in [6.45, 7) is 5.93. The average molecular weight is 413 g/mol. The van der Waals surface area contributed by atoms with Gasteiger partial charge in [0.1, 0.15) is 11.3 Å². The minimum Gasteiger partial charge on any atom is -0.496 e. The summed E-state index contributed by atoms with van der Waals surface area (Å²) in [7, 11) is 1.60. The third-order valence-corrected chi connectivity index (χ3v) is 4.98. The number of nitrogens with zero attached hydrogens (tertiary/aromatic N) is 1. The minimum atomic E-state index is -0.797. The Balaban J connectivity index is 2.07. The number of hydrogen-bond donors (Lipinski definition) is 1. The molecule has 1 fully saturated rings. The van der Waals surface area contributed by atoms with Gasteiger partial charge in [0.15, 0.2) is 0 Å². The molecule has 0 spiro atoms. The lowest BCUT2D eigenvalue weighted by Gasteiger charge is -2.26. The smallest absolute Gasteiger partial charge is 0.335 e. The topological polar surface area (TPSA) is 75.7 Å². The van der Waals surface area contributed by atoms with Gasteiger partial charge in [0.25, 0.3) is 11.8 Å². The summed E-state index contributed by atoms with van der Waals surface area (Å²) in [6, 6.07) is 9.20. The Morgan fingerprint density at radius 2 is 1.76 bits per heavy atom. The molecule has 1 aliphatic rings. The fourth-order valence-corrected chi connectivity index (χ4v) is 3.26. The summed E-state index contributed by atoms with van der Waals surface area (Å²) < 4.78 is 5.44. The van der Waals surface area contributed by atoms with Gasteiger partial charge in [-0.05, 0) is 72.0 Å². The highest BCUT2D eigenvalue weighted by Crippen LogP contribution is 2.31. The van der Waals surface area contributed by atoms with Gasteiger partial charge in [-0.3, -0.25) is 14.9 Å². The summed E-state index contributed by atoms with van der Waals surface area (Å²) in [5.74, 6) is -0.489. The molecule has 4 amide bonds. The van der Waals surface area contributed by atoms with E-state index in [0.717, 1.165) is 21.8 Å². The molecule has 150 valence electrons. The van der Waals surface area contributed by atoms with Gasteiger partial charge in [-0.15, -0.1) is 0 Å². The van der Waals surface area contributed by atoms with Crippen LogP contribution in [0.5, 0.6) is 5.75 Å². The molecule has 0 aliphatic carbocycles. The molecule has 0 unspecified atom stereocenters. The van der Waals surface area contributed by atoms with Crippen LogP contribution in [0, 0.1) is 6.92 Å². The number of nitrogens with one attached hydrogen (secondary N) is 1. The highest BCUT2D eigenvalue weighted by Gasteiger charge is 2.36. The van der Waals surface area contributed by atoms with E-state index in [0.29, 0.717) is 16.3 Å². The molecule has 29 heavy (non-hydrogen) atoms. The number of carbonyl (C=O) groups excluding carboxylic acids is 3. The number of benzene rings is 2. The number of aryl methyl sites for hydroxylation is 1. The second-order valence-corrected chi connectivity index (χ2v) is 7.48. The SMILES string of the molecule is COc1cc(C)c(/C=C2\C(=O)NC(=O)N(c3ccc(Cl)cc3)C2=O)cc1C(C)C. The first kappa shape index (κ1) is 20.6. The minimum absolute atomic E-state index is 0.123. The van der Waals surface area contributed by atoms with E-state index < -0.39 is 17.8 Å². The number of halogens is 1. The number of methoxy groups -OCH3 is 1. The molecule has 1 N–H and O–H groups in total. The first-order valence-corrected chi connectivity index (χ1v) is 9.46. The van der Waals surface area contributed by atoms with Crippen LogP contribution in [0.15, 0.2) is 42.0 Å². The molecular weight excluding hydrogens is 392 g/mol. The largest absolute Gasteiger partial charge is 0.496 e. The molecular formula is C22H21ClN2O4. The van der Waals surface area contributed by atoms with Crippen molar-refractivity contribution in [1.29, 1.82) is 0 Å². The van der Waals surface area contributed by atoms with Crippen LogP contribution in [0.25, 0.3) is 6.08 Å². The first-order valence-electron chi connectivity index (χ1n) is 9.08. The van der Waals surface area contributed by atoms with Crippen molar-refractivity contribution < 1.29 is 19.1 Å². The van der Waals surface area contributed by atoms with Crippen LogP contribution < -0.4 is 15.0 Å². The molecule has 7 heteroatoms. The van der Waals surface area contributed by atoms with Crippen molar-refractivity contribution >= 4 is 41.2 Å². The maximum Gasteiger partial charge on any atom is 0.335 e. The maximum atomic E-state index is 13.0. The molecule has 1 aliphatic heterocycles. The van der Waals surface area contributed by atoms with Crippen LogP contribution in [0.1, 0.15) is 36.5 Å². The zero-order chi connectivity index (χ0) is 21.3. The van der Waals surface area contributed by atoms with Crippen molar-refractivity contribution in [2.24, 2.45) is 0 Å². The summed E-state index contributed by atoms with van der Waals surface area (Å²) in [5, 5.41) is 2.70. The molecule has 1 heterocycles. The summed E-state index contributed by atoms with van der Waals surface area (Å²) in [4.78, 5) is 38.6. The lowest BCUT2D eigenvalue weighted by molar-refractivity contribution is -0.122. The highest BCUT2D eigenvalue weighted by atomic mass is 35.5. The monoisotopic (exact) mass is 412 g/mol. The molecule has 0 aromatic heterocycles. The summed E-state index contributed by atoms with van der Waals surface area (Å²) >= 11 is 5.89. The molecule has 6 nitrogen and oxygen atoms in total. The molecule has 3 rings (SSSR count). The lowest BCUT2D eigenvalue weighted by Crippen LogP contribution is -2.54. The van der Waals surface area contributed by atoms with Crippen LogP contribution in [0.2, 0.25) is 5.02 Å². The van der Waals surface area contributed by atoms with E-state index >= 15 is 0 Å². The van der Waals surface area contributed by atoms with E-state index in [9.17, 15) is 14.4 Å². The van der Waals surface area contributed by atoms with Gasteiger partial charge in [-0.25, -0.2) is 9.69 Å². The fourth-order valence-electron chi connectivity index (χ4n) is 3.14. The van der Waals surface area contributed by atoms with E-state index in [1.165, 1.54) is 6.08 Å². The van der Waals surface area contributed by atoms with Crippen LogP contribution in [0.3, 0.4) is 0 Å². The normalized spacial score (nSPS) is 15.9. The molecule has 1 saturated heterocycles. The predicted octanol–water partition coefficient (Wildman–Crippen LogP) is 4.45. The van der Waals surface area contributed by atoms with Crippen molar-refractivity contribution in [2.75, 3.05) is 12.0 Å². The Kier molecular flexibility index (Phi) is 5.75. The molecule has 2 aromatic rings. The molecule has 0 radical (unpaired) electrons. The Bertz CT molecular complexity index is 1030. The van der Waals surface area contributed by atoms with Crippen molar-refractivity contribution in [3.63, 3.8) is 0 Å². The Morgan fingerprint density at radius 1 is 1.10 bits per heavy atom. The number of anilines is 1. The molecule has 2 aromatic carbocycles. The number of imide groups is 2. The van der Waals surface area contributed by atoms with E-state index in [1.54, 1.807) is 31.4 Å². The van der Waals surface area contributed by atoms with E-state index in [4.69, 9.17) is 16.3 Å². The number of carbonyl (C=O) groups is 3. The number of barbiturate groups is 1. The number of amides is 4. The highest BCUT2D eigenvalue weighted by molar-refractivity contribution is 6.39. The number of rotatable bonds is 4. The van der Waals surface area contributed by atoms with Gasteiger partial charge in [0, 0.05) is 5.02 Å². The van der Waals surface area contributed by atoms with Gasteiger partial charge in [0.2, 0.25) is 0 Å². The fraction of sp³-hybridized carbons (Fsp3) is 0.227.